The minimum Gasteiger partial charge on any atom is -0.310 e. The van der Waals surface area contributed by atoms with Crippen molar-refractivity contribution in [3.8, 4) is 0 Å². The van der Waals surface area contributed by atoms with Crippen molar-refractivity contribution in [1.29, 1.82) is 0 Å². The predicted octanol–water partition coefficient (Wildman–Crippen LogP) is 2.50. The average Bonchev–Trinajstić information content (AvgIpc) is 3.15. The van der Waals surface area contributed by atoms with Gasteiger partial charge in [-0.15, -0.1) is 11.3 Å². The summed E-state index contributed by atoms with van der Waals surface area (Å²) in [5, 5.41) is 5.27. The van der Waals surface area contributed by atoms with E-state index in [0.717, 1.165) is 17.7 Å². The fourth-order valence-corrected chi connectivity index (χ4v) is 4.23. The third-order valence-corrected chi connectivity index (χ3v) is 6.20. The quantitative estimate of drug-likeness (QED) is 0.857. The normalized spacial score (nSPS) is 15.1. The van der Waals surface area contributed by atoms with Crippen LogP contribution < -0.4 is 10.0 Å². The van der Waals surface area contributed by atoms with Crippen LogP contribution in [0.3, 0.4) is 0 Å². The number of pyridine rings is 1. The van der Waals surface area contributed by atoms with E-state index in [2.05, 4.69) is 15.0 Å². The molecule has 0 aliphatic heterocycles. The summed E-state index contributed by atoms with van der Waals surface area (Å²) in [6.07, 6.45) is 5.60. The summed E-state index contributed by atoms with van der Waals surface area (Å²) in [6.45, 7) is 2.57. The lowest BCUT2D eigenvalue weighted by Gasteiger charge is -2.08. The molecule has 0 atom stereocenters. The van der Waals surface area contributed by atoms with E-state index < -0.39 is 10.0 Å². The first-order valence-electron chi connectivity index (χ1n) is 6.79. The molecule has 2 aromatic rings. The van der Waals surface area contributed by atoms with E-state index >= 15 is 0 Å². The van der Waals surface area contributed by atoms with Crippen LogP contribution in [0.25, 0.3) is 0 Å². The number of hydrogen-bond acceptors (Lipinski definition) is 5. The van der Waals surface area contributed by atoms with Crippen LogP contribution in [0.5, 0.6) is 0 Å². The lowest BCUT2D eigenvalue weighted by molar-refractivity contribution is 0.603. The van der Waals surface area contributed by atoms with E-state index in [9.17, 15) is 8.42 Å². The molecule has 7 heteroatoms. The second kappa shape index (κ2) is 5.75. The van der Waals surface area contributed by atoms with Crippen LogP contribution in [0.2, 0.25) is 0 Å². The third-order valence-electron chi connectivity index (χ3n) is 3.35. The summed E-state index contributed by atoms with van der Waals surface area (Å²) in [5.74, 6) is 0. The average molecular weight is 323 g/mol. The molecular weight excluding hydrogens is 306 g/mol. The van der Waals surface area contributed by atoms with Crippen molar-refractivity contribution in [3.05, 3.63) is 41.0 Å². The standard InChI is InChI=1S/C14H17N3O2S2/c1-10-4-5-15-8-13(10)17-21(18,19)14-6-11(9-20-14)7-16-12-2-3-12/h4-6,8-9,12,16-17H,2-3,7H2,1H3. The van der Waals surface area contributed by atoms with Gasteiger partial charge in [-0.3, -0.25) is 9.71 Å². The Kier molecular flexibility index (Phi) is 3.97. The van der Waals surface area contributed by atoms with Crippen LogP contribution in [0.4, 0.5) is 5.69 Å². The van der Waals surface area contributed by atoms with Gasteiger partial charge in [0.1, 0.15) is 4.21 Å². The number of nitrogens with zero attached hydrogens (tertiary/aromatic N) is 1. The Morgan fingerprint density at radius 2 is 2.24 bits per heavy atom. The number of aromatic nitrogens is 1. The highest BCUT2D eigenvalue weighted by molar-refractivity contribution is 7.94. The first-order chi connectivity index (χ1) is 10.0. The van der Waals surface area contributed by atoms with Gasteiger partial charge in [0, 0.05) is 18.8 Å². The van der Waals surface area contributed by atoms with Crippen molar-refractivity contribution in [1.82, 2.24) is 10.3 Å². The number of nitrogens with one attached hydrogen (secondary N) is 2. The van der Waals surface area contributed by atoms with Gasteiger partial charge >= 0.3 is 0 Å². The zero-order valence-corrected chi connectivity index (χ0v) is 13.3. The Balaban J connectivity index is 1.73. The minimum atomic E-state index is -3.54. The van der Waals surface area contributed by atoms with Gasteiger partial charge in [-0.05, 0) is 48.4 Å². The molecule has 3 rings (SSSR count). The maximum absolute atomic E-state index is 12.4. The highest BCUT2D eigenvalue weighted by Crippen LogP contribution is 2.25. The zero-order chi connectivity index (χ0) is 14.9. The van der Waals surface area contributed by atoms with Crippen molar-refractivity contribution in [3.63, 3.8) is 0 Å². The molecule has 2 aromatic heterocycles. The van der Waals surface area contributed by atoms with E-state index in [4.69, 9.17) is 0 Å². The Labute approximate surface area is 128 Å². The predicted molar refractivity (Wildman–Crippen MR) is 84.0 cm³/mol. The summed E-state index contributed by atoms with van der Waals surface area (Å²) >= 11 is 1.24. The maximum atomic E-state index is 12.4. The molecule has 0 amide bonds. The van der Waals surface area contributed by atoms with Crippen molar-refractivity contribution < 1.29 is 8.42 Å². The number of thiophene rings is 1. The smallest absolute Gasteiger partial charge is 0.271 e. The van der Waals surface area contributed by atoms with E-state index in [-0.39, 0.29) is 0 Å². The highest BCUT2D eigenvalue weighted by Gasteiger charge is 2.21. The van der Waals surface area contributed by atoms with E-state index in [1.54, 1.807) is 18.3 Å². The molecule has 0 spiro atoms. The minimum absolute atomic E-state index is 0.332. The van der Waals surface area contributed by atoms with Gasteiger partial charge in [0.15, 0.2) is 0 Å². The van der Waals surface area contributed by atoms with Crippen molar-refractivity contribution >= 4 is 27.0 Å². The van der Waals surface area contributed by atoms with Crippen molar-refractivity contribution in [2.45, 2.75) is 36.6 Å². The molecule has 1 aliphatic carbocycles. The molecule has 0 radical (unpaired) electrons. The van der Waals surface area contributed by atoms with Crippen LogP contribution in [0.1, 0.15) is 24.0 Å². The van der Waals surface area contributed by atoms with Gasteiger partial charge in [-0.25, -0.2) is 8.42 Å². The zero-order valence-electron chi connectivity index (χ0n) is 11.7. The Hall–Kier alpha value is -1.44. The lowest BCUT2D eigenvalue weighted by atomic mass is 10.3. The van der Waals surface area contributed by atoms with Crippen LogP contribution in [-0.4, -0.2) is 19.4 Å². The summed E-state index contributed by atoms with van der Waals surface area (Å²) < 4.78 is 27.7. The fourth-order valence-electron chi connectivity index (χ4n) is 1.90. The lowest BCUT2D eigenvalue weighted by Crippen LogP contribution is -2.15. The van der Waals surface area contributed by atoms with Crippen LogP contribution in [0, 0.1) is 6.92 Å². The number of hydrogen-bond donors (Lipinski definition) is 2. The van der Waals surface area contributed by atoms with Crippen LogP contribution >= 0.6 is 11.3 Å². The monoisotopic (exact) mass is 323 g/mol. The Morgan fingerprint density at radius 3 is 2.95 bits per heavy atom. The highest BCUT2D eigenvalue weighted by atomic mass is 32.2. The molecule has 0 aromatic carbocycles. The summed E-state index contributed by atoms with van der Waals surface area (Å²) in [6, 6.07) is 4.12. The topological polar surface area (TPSA) is 71.1 Å². The van der Waals surface area contributed by atoms with Crippen molar-refractivity contribution in [2.24, 2.45) is 0 Å². The van der Waals surface area contributed by atoms with E-state index in [0.29, 0.717) is 15.9 Å². The second-order valence-corrected chi connectivity index (χ2v) is 8.05. The first kappa shape index (κ1) is 14.5. The number of sulfonamides is 1. The number of anilines is 1. The molecule has 112 valence electrons. The van der Waals surface area contributed by atoms with Gasteiger partial charge in [0.05, 0.1) is 11.9 Å². The molecule has 1 fully saturated rings. The molecular formula is C14H17N3O2S2. The fraction of sp³-hybridized carbons (Fsp3) is 0.357. The van der Waals surface area contributed by atoms with Crippen molar-refractivity contribution in [2.75, 3.05) is 4.72 Å². The molecule has 1 saturated carbocycles. The first-order valence-corrected chi connectivity index (χ1v) is 9.15. The number of aryl methyl sites for hydroxylation is 1. The molecule has 5 nitrogen and oxygen atoms in total. The van der Waals surface area contributed by atoms with Gasteiger partial charge < -0.3 is 5.32 Å². The largest absolute Gasteiger partial charge is 0.310 e. The molecule has 0 unspecified atom stereocenters. The summed E-state index contributed by atoms with van der Waals surface area (Å²) in [4.78, 5) is 3.95. The Bertz CT molecular complexity index is 736. The molecule has 1 aliphatic rings. The molecule has 0 saturated heterocycles. The molecule has 2 N–H and O–H groups in total. The third kappa shape index (κ3) is 3.61. The SMILES string of the molecule is Cc1ccncc1NS(=O)(=O)c1cc(CNC2CC2)cs1. The van der Waals surface area contributed by atoms with Gasteiger partial charge in [-0.1, -0.05) is 0 Å². The van der Waals surface area contributed by atoms with Gasteiger partial charge in [0.2, 0.25) is 0 Å². The van der Waals surface area contributed by atoms with Gasteiger partial charge in [-0.2, -0.15) is 0 Å². The van der Waals surface area contributed by atoms with E-state index in [1.165, 1.54) is 30.4 Å². The second-order valence-electron chi connectivity index (χ2n) is 5.23. The summed E-state index contributed by atoms with van der Waals surface area (Å²) in [7, 11) is -3.54. The van der Waals surface area contributed by atoms with Gasteiger partial charge in [0.25, 0.3) is 10.0 Å². The molecule has 0 bridgehead atoms. The van der Waals surface area contributed by atoms with E-state index in [1.807, 2.05) is 12.3 Å². The summed E-state index contributed by atoms with van der Waals surface area (Å²) in [5.41, 5.74) is 2.37. The van der Waals surface area contributed by atoms with Crippen LogP contribution in [-0.2, 0) is 16.6 Å². The van der Waals surface area contributed by atoms with Crippen LogP contribution in [0.15, 0.2) is 34.1 Å². The number of rotatable bonds is 6. The maximum Gasteiger partial charge on any atom is 0.271 e. The Morgan fingerprint density at radius 1 is 1.43 bits per heavy atom. The molecule has 2 heterocycles. The molecule has 21 heavy (non-hydrogen) atoms.